The zero-order valence-corrected chi connectivity index (χ0v) is 17.5. The molecular weight excluding hydrogens is 372 g/mol. The van der Waals surface area contributed by atoms with Crippen molar-refractivity contribution in [1.82, 2.24) is 5.32 Å². The largest absolute Gasteiger partial charge is 0.478 e. The highest BCUT2D eigenvalue weighted by atomic mass is 32.1. The van der Waals surface area contributed by atoms with Gasteiger partial charge in [-0.15, -0.1) is 11.3 Å². The second-order valence-electron chi connectivity index (χ2n) is 8.25. The maximum atomic E-state index is 12.5. The highest BCUT2D eigenvalue weighted by Gasteiger charge is 2.33. The molecule has 1 amide bonds. The molecule has 28 heavy (non-hydrogen) atoms. The summed E-state index contributed by atoms with van der Waals surface area (Å²) in [6, 6.07) is 8.19. The maximum Gasteiger partial charge on any atom is 0.339 e. The normalized spacial score (nSPS) is 15.1. The fourth-order valence-electron chi connectivity index (χ4n) is 3.71. The van der Waals surface area contributed by atoms with Crippen molar-refractivity contribution in [2.24, 2.45) is 5.41 Å². The van der Waals surface area contributed by atoms with Gasteiger partial charge in [0.05, 0.1) is 5.56 Å². The lowest BCUT2D eigenvalue weighted by Crippen LogP contribution is -2.22. The number of carbonyl (C=O) groups excluding carboxylic acids is 1. The van der Waals surface area contributed by atoms with E-state index in [1.54, 1.807) is 0 Å². The third kappa shape index (κ3) is 4.80. The predicted molar refractivity (Wildman–Crippen MR) is 113 cm³/mol. The van der Waals surface area contributed by atoms with Gasteiger partial charge in [0.1, 0.15) is 5.00 Å². The molecule has 2 aromatic rings. The summed E-state index contributed by atoms with van der Waals surface area (Å²) in [6.45, 7) is 5.15. The Morgan fingerprint density at radius 1 is 1.18 bits per heavy atom. The first kappa shape index (κ1) is 20.6. The molecule has 0 radical (unpaired) electrons. The molecule has 3 N–H and O–H groups in total. The van der Waals surface area contributed by atoms with E-state index in [9.17, 15) is 14.7 Å². The van der Waals surface area contributed by atoms with Gasteiger partial charge in [0.2, 0.25) is 5.91 Å². The van der Waals surface area contributed by atoms with E-state index in [4.69, 9.17) is 0 Å². The average Bonchev–Trinajstić information content (AvgIpc) is 2.97. The Bertz CT molecular complexity index is 869. The topological polar surface area (TPSA) is 78.4 Å². The summed E-state index contributed by atoms with van der Waals surface area (Å²) in [5.74, 6) is -1.09. The van der Waals surface area contributed by atoms with Crippen molar-refractivity contribution in [2.45, 2.75) is 52.5 Å². The molecule has 1 heterocycles. The number of aryl methyl sites for hydroxylation is 2. The van der Waals surface area contributed by atoms with Crippen LogP contribution in [0, 0.1) is 5.41 Å². The van der Waals surface area contributed by atoms with Crippen molar-refractivity contribution in [2.75, 3.05) is 12.4 Å². The Kier molecular flexibility index (Phi) is 6.20. The number of carboxylic acid groups (broad SMARTS) is 1. The number of carbonyl (C=O) groups is 2. The molecule has 5 nitrogen and oxygen atoms in total. The lowest BCUT2D eigenvalue weighted by Gasteiger charge is -2.29. The minimum absolute atomic E-state index is 0.0962. The van der Waals surface area contributed by atoms with Crippen LogP contribution in [-0.2, 0) is 30.6 Å². The molecule has 0 atom stereocenters. The van der Waals surface area contributed by atoms with Crippen LogP contribution >= 0.6 is 11.3 Å². The van der Waals surface area contributed by atoms with Crippen LogP contribution in [0.2, 0.25) is 0 Å². The summed E-state index contributed by atoms with van der Waals surface area (Å²) >= 11 is 1.43. The zero-order chi connectivity index (χ0) is 20.3. The third-order valence-electron chi connectivity index (χ3n) is 5.29. The van der Waals surface area contributed by atoms with E-state index < -0.39 is 5.97 Å². The second-order valence-corrected chi connectivity index (χ2v) is 9.35. The van der Waals surface area contributed by atoms with E-state index in [1.807, 2.05) is 19.2 Å². The van der Waals surface area contributed by atoms with Crippen molar-refractivity contribution >= 4 is 28.2 Å². The Morgan fingerprint density at radius 3 is 2.50 bits per heavy atom. The van der Waals surface area contributed by atoms with Crippen LogP contribution in [0.1, 0.15) is 58.6 Å². The Hall–Kier alpha value is -2.18. The van der Waals surface area contributed by atoms with Crippen molar-refractivity contribution in [3.8, 4) is 0 Å². The van der Waals surface area contributed by atoms with Crippen LogP contribution in [0.5, 0.6) is 0 Å². The first-order chi connectivity index (χ1) is 13.3. The molecule has 3 rings (SSSR count). The van der Waals surface area contributed by atoms with Crippen LogP contribution < -0.4 is 10.6 Å². The van der Waals surface area contributed by atoms with Crippen molar-refractivity contribution < 1.29 is 14.7 Å². The van der Waals surface area contributed by atoms with Crippen LogP contribution in [-0.4, -0.2) is 24.0 Å². The number of amides is 1. The summed E-state index contributed by atoms with van der Waals surface area (Å²) in [7, 11) is 1.91. The van der Waals surface area contributed by atoms with E-state index in [2.05, 4.69) is 36.6 Å². The van der Waals surface area contributed by atoms with Gasteiger partial charge >= 0.3 is 5.97 Å². The van der Waals surface area contributed by atoms with Gasteiger partial charge in [-0.25, -0.2) is 4.79 Å². The molecule has 0 unspecified atom stereocenters. The number of nitrogens with one attached hydrogen (secondary N) is 2. The number of hydrogen-bond acceptors (Lipinski definition) is 4. The van der Waals surface area contributed by atoms with Gasteiger partial charge in [0, 0.05) is 17.8 Å². The first-order valence-electron chi connectivity index (χ1n) is 9.69. The molecule has 1 aromatic heterocycles. The maximum absolute atomic E-state index is 12.5. The zero-order valence-electron chi connectivity index (χ0n) is 16.7. The fourth-order valence-corrected chi connectivity index (χ4v) is 4.93. The average molecular weight is 401 g/mol. The highest BCUT2D eigenvalue weighted by Crippen LogP contribution is 2.43. The second kappa shape index (κ2) is 8.45. The molecule has 0 saturated heterocycles. The summed E-state index contributed by atoms with van der Waals surface area (Å²) < 4.78 is 0. The van der Waals surface area contributed by atoms with Crippen LogP contribution in [0.4, 0.5) is 5.00 Å². The number of carboxylic acids is 1. The van der Waals surface area contributed by atoms with Crippen molar-refractivity contribution in [3.05, 3.63) is 51.4 Å². The van der Waals surface area contributed by atoms with Gasteiger partial charge in [-0.2, -0.15) is 0 Å². The number of hydrogen-bond donors (Lipinski definition) is 3. The van der Waals surface area contributed by atoms with Gasteiger partial charge in [0.25, 0.3) is 0 Å². The number of benzene rings is 1. The Labute approximate surface area is 170 Å². The lowest BCUT2D eigenvalue weighted by molar-refractivity contribution is -0.116. The fraction of sp³-hybridized carbons (Fsp3) is 0.455. The minimum Gasteiger partial charge on any atom is -0.478 e. The molecular formula is C22H28N2O3S. The van der Waals surface area contributed by atoms with E-state index in [0.29, 0.717) is 17.8 Å². The molecule has 1 aliphatic carbocycles. The summed E-state index contributed by atoms with van der Waals surface area (Å²) in [6.07, 6.45) is 3.62. The SMILES string of the molecule is CNCc1ccc(CCC(=O)Nc2sc3c(c2C(=O)O)CC(C)(C)CC3)cc1. The minimum atomic E-state index is -0.953. The number of fused-ring (bicyclic) bond motifs is 1. The monoisotopic (exact) mass is 400 g/mol. The smallest absolute Gasteiger partial charge is 0.339 e. The molecule has 0 aliphatic heterocycles. The molecule has 150 valence electrons. The molecule has 0 fully saturated rings. The van der Waals surface area contributed by atoms with Gasteiger partial charge in [-0.1, -0.05) is 38.1 Å². The van der Waals surface area contributed by atoms with Gasteiger partial charge < -0.3 is 15.7 Å². The quantitative estimate of drug-likeness (QED) is 0.649. The first-order valence-corrected chi connectivity index (χ1v) is 10.5. The van der Waals surface area contributed by atoms with Crippen molar-refractivity contribution in [3.63, 3.8) is 0 Å². The van der Waals surface area contributed by atoms with E-state index in [1.165, 1.54) is 16.9 Å². The van der Waals surface area contributed by atoms with E-state index in [-0.39, 0.29) is 16.9 Å². The number of rotatable bonds is 7. The van der Waals surface area contributed by atoms with Crippen LogP contribution in [0.15, 0.2) is 24.3 Å². The summed E-state index contributed by atoms with van der Waals surface area (Å²) in [4.78, 5) is 25.4. The van der Waals surface area contributed by atoms with E-state index in [0.717, 1.165) is 41.8 Å². The molecule has 1 aliphatic rings. The predicted octanol–water partition coefficient (Wildman–Crippen LogP) is 4.25. The Balaban J connectivity index is 1.67. The van der Waals surface area contributed by atoms with Gasteiger partial charge in [-0.05, 0) is 54.8 Å². The third-order valence-corrected chi connectivity index (χ3v) is 6.49. The van der Waals surface area contributed by atoms with E-state index >= 15 is 0 Å². The van der Waals surface area contributed by atoms with Gasteiger partial charge in [0.15, 0.2) is 0 Å². The Morgan fingerprint density at radius 2 is 1.86 bits per heavy atom. The van der Waals surface area contributed by atoms with Crippen LogP contribution in [0.3, 0.4) is 0 Å². The number of anilines is 1. The molecule has 0 bridgehead atoms. The number of aromatic carboxylic acids is 1. The van der Waals surface area contributed by atoms with Crippen molar-refractivity contribution in [1.29, 1.82) is 0 Å². The highest BCUT2D eigenvalue weighted by molar-refractivity contribution is 7.17. The van der Waals surface area contributed by atoms with Crippen LogP contribution in [0.25, 0.3) is 0 Å². The molecule has 0 saturated carbocycles. The summed E-state index contributed by atoms with van der Waals surface area (Å²) in [5.41, 5.74) is 3.59. The molecule has 1 aromatic carbocycles. The van der Waals surface area contributed by atoms with Gasteiger partial charge in [-0.3, -0.25) is 4.79 Å². The standard InChI is InChI=1S/C22H28N2O3S/c1-22(2)11-10-17-16(12-22)19(21(26)27)20(28-17)24-18(25)9-8-14-4-6-15(7-5-14)13-23-3/h4-7,23H,8-13H2,1-3H3,(H,24,25)(H,26,27). The number of thiophene rings is 1. The lowest BCUT2D eigenvalue weighted by atomic mass is 9.76. The molecule has 0 spiro atoms. The summed E-state index contributed by atoms with van der Waals surface area (Å²) in [5, 5.41) is 16.2. The molecule has 6 heteroatoms.